The first kappa shape index (κ1) is 16.0. The molecule has 0 bridgehead atoms. The van der Waals surface area contributed by atoms with Gasteiger partial charge in [0.05, 0.1) is 13.2 Å². The standard InChI is InChI=1S/C20H21N3O2/c1-15-21-20(25-22-15)19-14-24-11-10-23(19)13-16-6-5-9-18(12-16)17-7-3-2-4-8-17/h2-9,12,19H,10-11,13-14H2,1H3/t19-/m0/s1. The van der Waals surface area contributed by atoms with E-state index in [2.05, 4.69) is 63.6 Å². The maximum Gasteiger partial charge on any atom is 0.246 e. The normalized spacial score (nSPS) is 18.4. The van der Waals surface area contributed by atoms with Crippen LogP contribution in [0.25, 0.3) is 11.1 Å². The summed E-state index contributed by atoms with van der Waals surface area (Å²) in [5.41, 5.74) is 3.73. The summed E-state index contributed by atoms with van der Waals surface area (Å²) in [6.07, 6.45) is 0. The topological polar surface area (TPSA) is 51.4 Å². The van der Waals surface area contributed by atoms with Gasteiger partial charge in [0.2, 0.25) is 5.89 Å². The fourth-order valence-electron chi connectivity index (χ4n) is 3.22. The summed E-state index contributed by atoms with van der Waals surface area (Å²) in [4.78, 5) is 6.74. The van der Waals surface area contributed by atoms with Crippen LogP contribution in [0.1, 0.15) is 23.3 Å². The minimum atomic E-state index is 0.00957. The second-order valence-corrected chi connectivity index (χ2v) is 6.31. The van der Waals surface area contributed by atoms with E-state index < -0.39 is 0 Å². The van der Waals surface area contributed by atoms with Gasteiger partial charge in [-0.25, -0.2) is 0 Å². The smallest absolute Gasteiger partial charge is 0.246 e. The number of hydrogen-bond acceptors (Lipinski definition) is 5. The predicted molar refractivity (Wildman–Crippen MR) is 94.9 cm³/mol. The first-order valence-corrected chi connectivity index (χ1v) is 8.56. The fourth-order valence-corrected chi connectivity index (χ4v) is 3.22. The average Bonchev–Trinajstić information content (AvgIpc) is 3.09. The molecule has 2 heterocycles. The molecule has 5 nitrogen and oxygen atoms in total. The molecule has 4 rings (SSSR count). The van der Waals surface area contributed by atoms with Crippen LogP contribution in [0, 0.1) is 6.92 Å². The monoisotopic (exact) mass is 335 g/mol. The third-order valence-corrected chi connectivity index (χ3v) is 4.49. The molecule has 0 spiro atoms. The van der Waals surface area contributed by atoms with E-state index in [9.17, 15) is 0 Å². The lowest BCUT2D eigenvalue weighted by atomic mass is 10.0. The summed E-state index contributed by atoms with van der Waals surface area (Å²) in [5, 5.41) is 3.92. The van der Waals surface area contributed by atoms with Crippen LogP contribution < -0.4 is 0 Å². The number of morpholine rings is 1. The number of hydrogen-bond donors (Lipinski definition) is 0. The van der Waals surface area contributed by atoms with Crippen molar-refractivity contribution in [1.82, 2.24) is 15.0 Å². The quantitative estimate of drug-likeness (QED) is 0.729. The van der Waals surface area contributed by atoms with Crippen molar-refractivity contribution < 1.29 is 9.26 Å². The second-order valence-electron chi connectivity index (χ2n) is 6.31. The van der Waals surface area contributed by atoms with Crippen molar-refractivity contribution in [2.75, 3.05) is 19.8 Å². The molecule has 0 aliphatic carbocycles. The van der Waals surface area contributed by atoms with Gasteiger partial charge in [-0.1, -0.05) is 53.7 Å². The van der Waals surface area contributed by atoms with Gasteiger partial charge in [0, 0.05) is 13.1 Å². The van der Waals surface area contributed by atoms with Gasteiger partial charge >= 0.3 is 0 Å². The van der Waals surface area contributed by atoms with E-state index in [0.717, 1.165) is 19.7 Å². The number of rotatable bonds is 4. The third kappa shape index (κ3) is 3.62. The number of benzene rings is 2. The van der Waals surface area contributed by atoms with E-state index in [4.69, 9.17) is 9.26 Å². The molecule has 0 N–H and O–H groups in total. The van der Waals surface area contributed by atoms with Gasteiger partial charge in [-0.15, -0.1) is 0 Å². The van der Waals surface area contributed by atoms with Crippen LogP contribution in [0.3, 0.4) is 0 Å². The lowest BCUT2D eigenvalue weighted by Crippen LogP contribution is -2.39. The minimum Gasteiger partial charge on any atom is -0.378 e. The van der Waals surface area contributed by atoms with Crippen LogP contribution in [0.5, 0.6) is 0 Å². The molecule has 0 radical (unpaired) electrons. The highest BCUT2D eigenvalue weighted by Gasteiger charge is 2.29. The molecule has 0 saturated carbocycles. The summed E-state index contributed by atoms with van der Waals surface area (Å²) in [6.45, 7) is 4.82. The molecule has 0 unspecified atom stereocenters. The Morgan fingerprint density at radius 2 is 1.92 bits per heavy atom. The highest BCUT2D eigenvalue weighted by atomic mass is 16.5. The highest BCUT2D eigenvalue weighted by molar-refractivity contribution is 5.63. The molecule has 5 heteroatoms. The van der Waals surface area contributed by atoms with Crippen molar-refractivity contribution in [1.29, 1.82) is 0 Å². The predicted octanol–water partition coefficient (Wildman–Crippen LogP) is 3.62. The summed E-state index contributed by atoms with van der Waals surface area (Å²) in [7, 11) is 0. The molecule has 1 aliphatic rings. The Balaban J connectivity index is 1.56. The summed E-state index contributed by atoms with van der Waals surface area (Å²) in [5.74, 6) is 1.29. The van der Waals surface area contributed by atoms with Gasteiger partial charge < -0.3 is 9.26 Å². The van der Waals surface area contributed by atoms with Gasteiger partial charge in [0.1, 0.15) is 6.04 Å². The molecule has 1 fully saturated rings. The van der Waals surface area contributed by atoms with Crippen molar-refractivity contribution in [2.24, 2.45) is 0 Å². The van der Waals surface area contributed by atoms with Crippen molar-refractivity contribution in [3.8, 4) is 11.1 Å². The Hall–Kier alpha value is -2.50. The van der Waals surface area contributed by atoms with Crippen LogP contribution in [0.4, 0.5) is 0 Å². The zero-order valence-electron chi connectivity index (χ0n) is 14.3. The number of aromatic nitrogens is 2. The van der Waals surface area contributed by atoms with Crippen molar-refractivity contribution >= 4 is 0 Å². The Kier molecular flexibility index (Phi) is 4.59. The van der Waals surface area contributed by atoms with Crippen LogP contribution in [-0.2, 0) is 11.3 Å². The molecule has 1 saturated heterocycles. The third-order valence-electron chi connectivity index (χ3n) is 4.49. The fraction of sp³-hybridized carbons (Fsp3) is 0.300. The first-order chi connectivity index (χ1) is 12.3. The Labute approximate surface area is 147 Å². The minimum absolute atomic E-state index is 0.00957. The molecule has 25 heavy (non-hydrogen) atoms. The largest absolute Gasteiger partial charge is 0.378 e. The molecule has 3 aromatic rings. The second kappa shape index (κ2) is 7.17. The summed E-state index contributed by atoms with van der Waals surface area (Å²) >= 11 is 0. The Bertz CT molecular complexity index is 832. The molecule has 1 atom stereocenters. The Morgan fingerprint density at radius 3 is 2.72 bits per heavy atom. The maximum absolute atomic E-state index is 5.64. The van der Waals surface area contributed by atoms with Crippen molar-refractivity contribution in [3.05, 3.63) is 71.9 Å². The molecular formula is C20H21N3O2. The lowest BCUT2D eigenvalue weighted by molar-refractivity contribution is -0.0240. The zero-order chi connectivity index (χ0) is 17.1. The SMILES string of the molecule is Cc1noc([C@@H]2COCCN2Cc2cccc(-c3ccccc3)c2)n1. The average molecular weight is 335 g/mol. The van der Waals surface area contributed by atoms with Crippen LogP contribution in [0.2, 0.25) is 0 Å². The van der Waals surface area contributed by atoms with Gasteiger partial charge in [-0.3, -0.25) is 4.90 Å². The number of aryl methyl sites for hydroxylation is 1. The van der Waals surface area contributed by atoms with E-state index in [1.54, 1.807) is 0 Å². The van der Waals surface area contributed by atoms with Gasteiger partial charge in [-0.2, -0.15) is 4.98 Å². The highest BCUT2D eigenvalue weighted by Crippen LogP contribution is 2.26. The molecule has 128 valence electrons. The molecule has 2 aromatic carbocycles. The van der Waals surface area contributed by atoms with Crippen LogP contribution >= 0.6 is 0 Å². The van der Waals surface area contributed by atoms with Crippen LogP contribution in [-0.4, -0.2) is 34.8 Å². The number of ether oxygens (including phenoxy) is 1. The zero-order valence-corrected chi connectivity index (χ0v) is 14.3. The van der Waals surface area contributed by atoms with E-state index in [1.807, 2.05) is 13.0 Å². The lowest BCUT2D eigenvalue weighted by Gasteiger charge is -2.33. The molecule has 0 amide bonds. The summed E-state index contributed by atoms with van der Waals surface area (Å²) < 4.78 is 11.0. The van der Waals surface area contributed by atoms with Crippen molar-refractivity contribution in [3.63, 3.8) is 0 Å². The van der Waals surface area contributed by atoms with E-state index in [-0.39, 0.29) is 6.04 Å². The van der Waals surface area contributed by atoms with E-state index in [1.165, 1.54) is 16.7 Å². The molecule has 1 aromatic heterocycles. The van der Waals surface area contributed by atoms with Gasteiger partial charge in [0.15, 0.2) is 5.82 Å². The maximum atomic E-state index is 5.64. The molecular weight excluding hydrogens is 314 g/mol. The number of nitrogens with zero attached hydrogens (tertiary/aromatic N) is 3. The van der Waals surface area contributed by atoms with Gasteiger partial charge in [0.25, 0.3) is 0 Å². The van der Waals surface area contributed by atoms with Crippen LogP contribution in [0.15, 0.2) is 59.1 Å². The van der Waals surface area contributed by atoms with Gasteiger partial charge in [-0.05, 0) is 29.7 Å². The van der Waals surface area contributed by atoms with E-state index >= 15 is 0 Å². The molecule has 1 aliphatic heterocycles. The Morgan fingerprint density at radius 1 is 1.08 bits per heavy atom. The first-order valence-electron chi connectivity index (χ1n) is 8.56. The summed E-state index contributed by atoms with van der Waals surface area (Å²) in [6, 6.07) is 19.1. The van der Waals surface area contributed by atoms with E-state index in [0.29, 0.717) is 18.3 Å². The van der Waals surface area contributed by atoms with Crippen molar-refractivity contribution in [2.45, 2.75) is 19.5 Å².